The van der Waals surface area contributed by atoms with E-state index in [9.17, 15) is 4.79 Å². The fourth-order valence-corrected chi connectivity index (χ4v) is 2.28. The van der Waals surface area contributed by atoms with E-state index in [2.05, 4.69) is 0 Å². The molecule has 1 aliphatic carbocycles. The average molecular weight is 254 g/mol. The first kappa shape index (κ1) is 11.8. The van der Waals surface area contributed by atoms with Crippen LogP contribution in [0.4, 0.5) is 0 Å². The van der Waals surface area contributed by atoms with Crippen LogP contribution in [0.5, 0.6) is 0 Å². The zero-order valence-electron chi connectivity index (χ0n) is 10.5. The molecule has 2 aromatic heterocycles. The smallest absolute Gasteiger partial charge is 0.185 e. The summed E-state index contributed by atoms with van der Waals surface area (Å²) in [4.78, 5) is 12.4. The van der Waals surface area contributed by atoms with Gasteiger partial charge in [0.05, 0.1) is 18.8 Å². The first-order valence-corrected chi connectivity index (χ1v) is 6.34. The maximum Gasteiger partial charge on any atom is 0.185 e. The number of carbonyl (C=O) groups is 1. The minimum Gasteiger partial charge on any atom is -0.472 e. The van der Waals surface area contributed by atoms with Gasteiger partial charge in [-0.25, -0.2) is 0 Å². The van der Waals surface area contributed by atoms with Crippen molar-refractivity contribution in [3.05, 3.63) is 59.5 Å². The summed E-state index contributed by atoms with van der Waals surface area (Å²) < 4.78 is 10.3. The molecule has 0 amide bonds. The van der Waals surface area contributed by atoms with E-state index < -0.39 is 0 Å². The summed E-state index contributed by atoms with van der Waals surface area (Å²) in [5, 5.41) is 0. The second-order valence-electron chi connectivity index (χ2n) is 4.59. The molecule has 2 heterocycles. The third-order valence-electron chi connectivity index (χ3n) is 3.22. The highest BCUT2D eigenvalue weighted by Crippen LogP contribution is 2.28. The lowest BCUT2D eigenvalue weighted by molar-refractivity contribution is -0.112. The lowest BCUT2D eigenvalue weighted by Crippen LogP contribution is -2.12. The molecular weight excluding hydrogens is 240 g/mol. The van der Waals surface area contributed by atoms with Crippen molar-refractivity contribution >= 4 is 17.9 Å². The Bertz CT molecular complexity index is 559. The molecule has 2 aromatic rings. The van der Waals surface area contributed by atoms with Crippen LogP contribution >= 0.6 is 0 Å². The highest BCUT2D eigenvalue weighted by molar-refractivity contribution is 6.13. The SMILES string of the molecule is O=C1/C(=C/c2ccoc2)CCC/C1=C\c1ccco1. The van der Waals surface area contributed by atoms with E-state index in [0.29, 0.717) is 0 Å². The topological polar surface area (TPSA) is 43.4 Å². The highest BCUT2D eigenvalue weighted by atomic mass is 16.3. The molecule has 3 heteroatoms. The molecule has 96 valence electrons. The van der Waals surface area contributed by atoms with Crippen LogP contribution in [0.1, 0.15) is 30.6 Å². The predicted octanol–water partition coefficient (Wildman–Crippen LogP) is 4.09. The van der Waals surface area contributed by atoms with Crippen molar-refractivity contribution in [3.8, 4) is 0 Å². The Labute approximate surface area is 111 Å². The zero-order valence-corrected chi connectivity index (χ0v) is 10.5. The van der Waals surface area contributed by atoms with Gasteiger partial charge in [-0.1, -0.05) is 0 Å². The number of ketones is 1. The Morgan fingerprint density at radius 1 is 1.05 bits per heavy atom. The summed E-state index contributed by atoms with van der Waals surface area (Å²) in [6, 6.07) is 5.53. The second-order valence-corrected chi connectivity index (χ2v) is 4.59. The van der Waals surface area contributed by atoms with Crippen LogP contribution < -0.4 is 0 Å². The summed E-state index contributed by atoms with van der Waals surface area (Å²) in [6.45, 7) is 0. The molecule has 0 aliphatic heterocycles. The van der Waals surface area contributed by atoms with Crippen molar-refractivity contribution in [1.29, 1.82) is 0 Å². The fourth-order valence-electron chi connectivity index (χ4n) is 2.28. The summed E-state index contributed by atoms with van der Waals surface area (Å²) in [7, 11) is 0. The number of Topliss-reactive ketones (excluding diaryl/α,β-unsaturated/α-hetero) is 1. The number of furan rings is 2. The van der Waals surface area contributed by atoms with E-state index in [1.807, 2.05) is 30.4 Å². The summed E-state index contributed by atoms with van der Waals surface area (Å²) in [5.74, 6) is 0.844. The minimum atomic E-state index is 0.115. The molecule has 0 N–H and O–H groups in total. The Morgan fingerprint density at radius 3 is 2.58 bits per heavy atom. The van der Waals surface area contributed by atoms with Crippen molar-refractivity contribution in [2.75, 3.05) is 0 Å². The highest BCUT2D eigenvalue weighted by Gasteiger charge is 2.20. The van der Waals surface area contributed by atoms with Gasteiger partial charge in [-0.05, 0) is 49.6 Å². The summed E-state index contributed by atoms with van der Waals surface area (Å²) >= 11 is 0. The van der Waals surface area contributed by atoms with Crippen molar-refractivity contribution in [2.45, 2.75) is 19.3 Å². The number of carbonyl (C=O) groups excluding carboxylic acids is 1. The van der Waals surface area contributed by atoms with Gasteiger partial charge in [-0.15, -0.1) is 0 Å². The maximum atomic E-state index is 12.4. The predicted molar refractivity (Wildman–Crippen MR) is 72.2 cm³/mol. The Hall–Kier alpha value is -2.29. The van der Waals surface area contributed by atoms with Crippen molar-refractivity contribution in [2.24, 2.45) is 0 Å². The molecule has 0 atom stereocenters. The van der Waals surface area contributed by atoms with Crippen LogP contribution in [0.25, 0.3) is 12.2 Å². The molecule has 1 aliphatic rings. The van der Waals surface area contributed by atoms with Crippen molar-refractivity contribution in [3.63, 3.8) is 0 Å². The first-order chi connectivity index (χ1) is 9.33. The zero-order chi connectivity index (χ0) is 13.1. The molecule has 3 rings (SSSR count). The molecule has 0 radical (unpaired) electrons. The van der Waals surface area contributed by atoms with Gasteiger partial charge in [0.25, 0.3) is 0 Å². The van der Waals surface area contributed by atoms with Crippen LogP contribution in [0.2, 0.25) is 0 Å². The maximum absolute atomic E-state index is 12.4. The summed E-state index contributed by atoms with van der Waals surface area (Å²) in [5.41, 5.74) is 2.59. The minimum absolute atomic E-state index is 0.115. The van der Waals surface area contributed by atoms with Crippen LogP contribution in [-0.2, 0) is 4.79 Å². The van der Waals surface area contributed by atoms with E-state index >= 15 is 0 Å². The first-order valence-electron chi connectivity index (χ1n) is 6.34. The molecule has 0 aromatic carbocycles. The van der Waals surface area contributed by atoms with Gasteiger partial charge in [0.1, 0.15) is 5.76 Å². The fraction of sp³-hybridized carbons (Fsp3) is 0.188. The average Bonchev–Trinajstić information content (AvgIpc) is 3.07. The Balaban J connectivity index is 1.87. The van der Waals surface area contributed by atoms with Crippen molar-refractivity contribution in [1.82, 2.24) is 0 Å². The largest absolute Gasteiger partial charge is 0.472 e. The van der Waals surface area contributed by atoms with Crippen LogP contribution in [0.3, 0.4) is 0 Å². The molecule has 0 unspecified atom stereocenters. The third-order valence-corrected chi connectivity index (χ3v) is 3.22. The van der Waals surface area contributed by atoms with E-state index in [1.54, 1.807) is 18.8 Å². The summed E-state index contributed by atoms with van der Waals surface area (Å²) in [6.07, 6.45) is 11.2. The van der Waals surface area contributed by atoms with Gasteiger partial charge in [-0.3, -0.25) is 4.79 Å². The third kappa shape index (κ3) is 2.60. The number of hydrogen-bond donors (Lipinski definition) is 0. The van der Waals surface area contributed by atoms with Gasteiger partial charge in [0, 0.05) is 16.7 Å². The monoisotopic (exact) mass is 254 g/mol. The number of hydrogen-bond acceptors (Lipinski definition) is 3. The van der Waals surface area contributed by atoms with E-state index in [0.717, 1.165) is 41.7 Å². The van der Waals surface area contributed by atoms with E-state index in [-0.39, 0.29) is 5.78 Å². The van der Waals surface area contributed by atoms with E-state index in [1.165, 1.54) is 0 Å². The van der Waals surface area contributed by atoms with Crippen LogP contribution in [0.15, 0.2) is 57.0 Å². The molecule has 1 saturated carbocycles. The Morgan fingerprint density at radius 2 is 1.89 bits per heavy atom. The second kappa shape index (κ2) is 5.14. The lowest BCUT2D eigenvalue weighted by atomic mass is 9.87. The molecular formula is C16H14O3. The van der Waals surface area contributed by atoms with Crippen molar-refractivity contribution < 1.29 is 13.6 Å². The quantitative estimate of drug-likeness (QED) is 0.758. The van der Waals surface area contributed by atoms with Gasteiger partial charge in [0.15, 0.2) is 5.78 Å². The molecule has 0 bridgehead atoms. The standard InChI is InChI=1S/C16H14O3/c17-16-13(9-12-6-8-18-11-12)3-1-4-14(16)10-15-5-2-7-19-15/h2,5-11H,1,3-4H2/b13-9+,14-10+. The van der Waals surface area contributed by atoms with Crippen LogP contribution in [-0.4, -0.2) is 5.78 Å². The normalized spacial score (nSPS) is 20.3. The molecule has 3 nitrogen and oxygen atoms in total. The van der Waals surface area contributed by atoms with Crippen LogP contribution in [0, 0.1) is 0 Å². The van der Waals surface area contributed by atoms with Gasteiger partial charge < -0.3 is 8.83 Å². The molecule has 0 spiro atoms. The molecule has 0 saturated heterocycles. The molecule has 1 fully saturated rings. The number of rotatable bonds is 2. The Kier molecular flexibility index (Phi) is 3.19. The van der Waals surface area contributed by atoms with Gasteiger partial charge >= 0.3 is 0 Å². The van der Waals surface area contributed by atoms with E-state index in [4.69, 9.17) is 8.83 Å². The number of allylic oxidation sites excluding steroid dienone is 2. The van der Waals surface area contributed by atoms with Gasteiger partial charge in [-0.2, -0.15) is 0 Å². The molecule has 19 heavy (non-hydrogen) atoms. The lowest BCUT2D eigenvalue weighted by Gasteiger charge is -2.15. The van der Waals surface area contributed by atoms with Gasteiger partial charge in [0.2, 0.25) is 0 Å².